The van der Waals surface area contributed by atoms with Gasteiger partial charge in [0.25, 0.3) is 0 Å². The van der Waals surface area contributed by atoms with Gasteiger partial charge in [0.2, 0.25) is 0 Å². The summed E-state index contributed by atoms with van der Waals surface area (Å²) >= 11 is 0. The Bertz CT molecular complexity index is 2150. The van der Waals surface area contributed by atoms with Crippen LogP contribution in [0, 0.1) is 0 Å². The number of hydrogen-bond acceptors (Lipinski definition) is 5. The van der Waals surface area contributed by atoms with Gasteiger partial charge in [0, 0.05) is 33.5 Å². The van der Waals surface area contributed by atoms with Crippen molar-refractivity contribution in [2.45, 2.75) is 24.3 Å². The number of anilines is 2. The van der Waals surface area contributed by atoms with Crippen LogP contribution >= 0.6 is 0 Å². The molecule has 44 heavy (non-hydrogen) atoms. The maximum Gasteiger partial charge on any atom is 0.135 e. The Hall–Kier alpha value is -5.39. The number of rotatable bonds is 4. The molecular formula is C39H30N4O. The summed E-state index contributed by atoms with van der Waals surface area (Å²) < 4.78 is 6.29. The lowest BCUT2D eigenvalue weighted by Gasteiger charge is -2.32. The molecule has 2 aliphatic heterocycles. The highest BCUT2D eigenvalue weighted by Crippen LogP contribution is 2.47. The molecule has 0 spiro atoms. The zero-order valence-corrected chi connectivity index (χ0v) is 24.0. The first kappa shape index (κ1) is 25.1. The van der Waals surface area contributed by atoms with Gasteiger partial charge in [-0.1, -0.05) is 97.1 Å². The topological polar surface area (TPSA) is 52.8 Å². The van der Waals surface area contributed by atoms with Gasteiger partial charge in [-0.25, -0.2) is 4.99 Å². The SMILES string of the molecule is C1=c2oc3ccccc3c2=CC2C1c1ccccc1N2c1ccc(C2=NC(c3ccccc3)NC(c3ccccc3)N2)cc1. The van der Waals surface area contributed by atoms with Crippen molar-refractivity contribution in [3.05, 3.63) is 166 Å². The molecule has 9 rings (SSSR count). The fraction of sp³-hybridized carbons (Fsp3) is 0.103. The first-order chi connectivity index (χ1) is 21.8. The van der Waals surface area contributed by atoms with Crippen molar-refractivity contribution in [3.63, 3.8) is 0 Å². The molecule has 0 saturated heterocycles. The van der Waals surface area contributed by atoms with Crippen LogP contribution in [0.4, 0.5) is 11.4 Å². The second-order valence-corrected chi connectivity index (χ2v) is 11.6. The first-order valence-corrected chi connectivity index (χ1v) is 15.2. The standard InChI is InChI=1S/C39H30N4O/c1-3-11-25(12-4-1)37-40-38(26-13-5-2-6-14-26)42-39(41-37)27-19-21-28(22-20-27)43-33-17-9-7-15-29(33)31-24-36-32(23-34(31)43)30-16-8-10-18-35(30)44-36/h1-24,31,34,37-38,40H,(H,41,42). The van der Waals surface area contributed by atoms with Crippen LogP contribution in [-0.4, -0.2) is 11.9 Å². The van der Waals surface area contributed by atoms with Gasteiger partial charge >= 0.3 is 0 Å². The van der Waals surface area contributed by atoms with E-state index in [4.69, 9.17) is 9.41 Å². The molecule has 4 atom stereocenters. The molecule has 3 aliphatic rings. The predicted molar refractivity (Wildman–Crippen MR) is 177 cm³/mol. The molecule has 0 fully saturated rings. The van der Waals surface area contributed by atoms with Crippen LogP contribution in [-0.2, 0) is 0 Å². The number of benzene rings is 5. The predicted octanol–water partition coefficient (Wildman–Crippen LogP) is 6.65. The minimum absolute atomic E-state index is 0.0637. The Morgan fingerprint density at radius 1 is 0.659 bits per heavy atom. The molecule has 0 saturated carbocycles. The molecule has 0 radical (unpaired) electrons. The maximum atomic E-state index is 6.29. The van der Waals surface area contributed by atoms with Gasteiger partial charge in [-0.05, 0) is 65.2 Å². The van der Waals surface area contributed by atoms with Crippen LogP contribution in [0.2, 0.25) is 0 Å². The van der Waals surface area contributed by atoms with Crippen LogP contribution in [0.15, 0.2) is 143 Å². The van der Waals surface area contributed by atoms with Gasteiger partial charge in [0.05, 0.1) is 6.04 Å². The third-order valence-electron chi connectivity index (χ3n) is 9.08. The quantitative estimate of drug-likeness (QED) is 0.249. The second-order valence-electron chi connectivity index (χ2n) is 11.6. The number of hydrogen-bond donors (Lipinski definition) is 2. The molecular weight excluding hydrogens is 540 g/mol. The summed E-state index contributed by atoms with van der Waals surface area (Å²) in [5.41, 5.74) is 8.99. The molecule has 5 nitrogen and oxygen atoms in total. The summed E-state index contributed by atoms with van der Waals surface area (Å²) in [5.74, 6) is 1.09. The number of nitrogens with zero attached hydrogens (tertiary/aromatic N) is 2. The third kappa shape index (κ3) is 4.08. The van der Waals surface area contributed by atoms with E-state index in [1.807, 2.05) is 18.2 Å². The molecule has 1 aromatic heterocycles. The first-order valence-electron chi connectivity index (χ1n) is 15.2. The van der Waals surface area contributed by atoms with Crippen molar-refractivity contribution in [1.82, 2.24) is 10.6 Å². The lowest BCUT2D eigenvalue weighted by Crippen LogP contribution is -2.44. The summed E-state index contributed by atoms with van der Waals surface area (Å²) in [5, 5.41) is 9.69. The minimum Gasteiger partial charge on any atom is -0.456 e. The van der Waals surface area contributed by atoms with Crippen molar-refractivity contribution in [3.8, 4) is 0 Å². The van der Waals surface area contributed by atoms with E-state index in [2.05, 4.69) is 143 Å². The van der Waals surface area contributed by atoms with Crippen LogP contribution in [0.5, 0.6) is 0 Å². The maximum absolute atomic E-state index is 6.29. The number of amidine groups is 1. The van der Waals surface area contributed by atoms with Crippen LogP contribution in [0.3, 0.4) is 0 Å². The van der Waals surface area contributed by atoms with Gasteiger partial charge in [0.15, 0.2) is 0 Å². The highest BCUT2D eigenvalue weighted by Gasteiger charge is 2.38. The minimum atomic E-state index is -0.157. The summed E-state index contributed by atoms with van der Waals surface area (Å²) in [4.78, 5) is 7.61. The van der Waals surface area contributed by atoms with E-state index in [0.29, 0.717) is 0 Å². The summed E-state index contributed by atoms with van der Waals surface area (Å²) in [6, 6.07) is 47.0. The lowest BCUT2D eigenvalue weighted by molar-refractivity contribution is 0.409. The van der Waals surface area contributed by atoms with Gasteiger partial charge in [-0.2, -0.15) is 0 Å². The van der Waals surface area contributed by atoms with Gasteiger partial charge in [-0.3, -0.25) is 5.32 Å². The normalized spacial score (nSPS) is 21.7. The number of furan rings is 1. The Kier molecular flexibility index (Phi) is 5.78. The van der Waals surface area contributed by atoms with Crippen LogP contribution < -0.4 is 26.2 Å². The van der Waals surface area contributed by atoms with E-state index in [1.165, 1.54) is 27.4 Å². The van der Waals surface area contributed by atoms with Crippen molar-refractivity contribution in [2.24, 2.45) is 4.99 Å². The summed E-state index contributed by atoms with van der Waals surface area (Å²) in [6.45, 7) is 0. The van der Waals surface area contributed by atoms with E-state index >= 15 is 0 Å². The van der Waals surface area contributed by atoms with E-state index in [-0.39, 0.29) is 24.3 Å². The van der Waals surface area contributed by atoms with Crippen LogP contribution in [0.1, 0.15) is 40.5 Å². The molecule has 6 aromatic rings. The average molecular weight is 571 g/mol. The van der Waals surface area contributed by atoms with Crippen molar-refractivity contribution >= 4 is 40.3 Å². The Balaban J connectivity index is 1.10. The third-order valence-corrected chi connectivity index (χ3v) is 9.08. The molecule has 4 unspecified atom stereocenters. The zero-order valence-electron chi connectivity index (χ0n) is 24.0. The van der Waals surface area contributed by atoms with Crippen molar-refractivity contribution in [1.29, 1.82) is 0 Å². The Labute approximate surface area is 255 Å². The van der Waals surface area contributed by atoms with E-state index in [9.17, 15) is 0 Å². The molecule has 212 valence electrons. The summed E-state index contributed by atoms with van der Waals surface area (Å²) in [7, 11) is 0. The zero-order chi connectivity index (χ0) is 29.0. The fourth-order valence-corrected chi connectivity index (χ4v) is 6.99. The van der Waals surface area contributed by atoms with E-state index < -0.39 is 0 Å². The second kappa shape index (κ2) is 10.1. The number of aliphatic imine (C=N–C) groups is 1. The molecule has 3 heterocycles. The number of nitrogens with one attached hydrogen (secondary N) is 2. The Morgan fingerprint density at radius 2 is 1.36 bits per heavy atom. The highest BCUT2D eigenvalue weighted by molar-refractivity contribution is 6.00. The molecule has 0 amide bonds. The molecule has 0 bridgehead atoms. The monoisotopic (exact) mass is 570 g/mol. The van der Waals surface area contributed by atoms with E-state index in [1.54, 1.807) is 0 Å². The number of fused-ring (bicyclic) bond motifs is 6. The highest BCUT2D eigenvalue weighted by atomic mass is 16.3. The number of para-hydroxylation sites is 2. The molecule has 5 heteroatoms. The lowest BCUT2D eigenvalue weighted by atomic mass is 9.91. The molecule has 2 N–H and O–H groups in total. The van der Waals surface area contributed by atoms with E-state index in [0.717, 1.165) is 33.6 Å². The fourth-order valence-electron chi connectivity index (χ4n) is 6.99. The van der Waals surface area contributed by atoms with Crippen molar-refractivity contribution < 1.29 is 4.42 Å². The van der Waals surface area contributed by atoms with Gasteiger partial charge in [-0.15, -0.1) is 0 Å². The summed E-state index contributed by atoms with van der Waals surface area (Å²) in [6.07, 6.45) is 4.49. The average Bonchev–Trinajstić information content (AvgIpc) is 3.63. The van der Waals surface area contributed by atoms with Crippen molar-refractivity contribution in [2.75, 3.05) is 4.90 Å². The largest absolute Gasteiger partial charge is 0.456 e. The van der Waals surface area contributed by atoms with Gasteiger partial charge < -0.3 is 14.6 Å². The van der Waals surface area contributed by atoms with Gasteiger partial charge in [0.1, 0.15) is 29.2 Å². The van der Waals surface area contributed by atoms with Crippen LogP contribution in [0.25, 0.3) is 23.1 Å². The Morgan fingerprint density at radius 3 is 2.18 bits per heavy atom. The molecule has 5 aromatic carbocycles. The molecule has 1 aliphatic carbocycles. The smallest absolute Gasteiger partial charge is 0.135 e.